The second-order valence-electron chi connectivity index (χ2n) is 2.65. The summed E-state index contributed by atoms with van der Waals surface area (Å²) in [7, 11) is 1.50. The fourth-order valence-corrected chi connectivity index (χ4v) is 1.22. The normalized spacial score (nSPS) is 9.00. The van der Waals surface area contributed by atoms with Crippen LogP contribution in [0.1, 0.15) is 21.5 Å². The molecule has 0 saturated heterocycles. The number of carbonyl (C=O) groups is 1. The van der Waals surface area contributed by atoms with Gasteiger partial charge in [-0.3, -0.25) is 4.79 Å². The van der Waals surface area contributed by atoms with Crippen LogP contribution in [-0.4, -0.2) is 13.4 Å². The van der Waals surface area contributed by atoms with E-state index in [9.17, 15) is 4.79 Å². The van der Waals surface area contributed by atoms with Crippen molar-refractivity contribution in [3.8, 4) is 11.8 Å². The average Bonchev–Trinajstić information content (AvgIpc) is 2.16. The zero-order valence-corrected chi connectivity index (χ0v) is 7.50. The van der Waals surface area contributed by atoms with Gasteiger partial charge in [0.05, 0.1) is 12.7 Å². The molecule has 0 saturated carbocycles. The number of benzene rings is 1. The number of hydrogen-bond donors (Lipinski definition) is 0. The third-order valence-corrected chi connectivity index (χ3v) is 1.76. The number of rotatable bonds is 2. The minimum absolute atomic E-state index is 0.393. The van der Waals surface area contributed by atoms with Crippen molar-refractivity contribution in [1.29, 1.82) is 5.26 Å². The van der Waals surface area contributed by atoms with Gasteiger partial charge in [-0.25, -0.2) is 0 Å². The standard InChI is InChI=1S/C10H9NO2/c1-7-3-8(6-12)4-9(5-11)10(7)13-2/h3-4,6H,1-2H3. The van der Waals surface area contributed by atoms with Crippen LogP contribution >= 0.6 is 0 Å². The van der Waals surface area contributed by atoms with Gasteiger partial charge in [-0.15, -0.1) is 0 Å². The minimum Gasteiger partial charge on any atom is -0.495 e. The molecular weight excluding hydrogens is 166 g/mol. The molecule has 1 aromatic rings. The van der Waals surface area contributed by atoms with E-state index in [2.05, 4.69) is 0 Å². The van der Waals surface area contributed by atoms with Crippen molar-refractivity contribution < 1.29 is 9.53 Å². The van der Waals surface area contributed by atoms with Crippen molar-refractivity contribution in [2.45, 2.75) is 6.92 Å². The van der Waals surface area contributed by atoms with Crippen molar-refractivity contribution in [2.24, 2.45) is 0 Å². The molecule has 0 amide bonds. The Hall–Kier alpha value is -1.82. The molecule has 0 aromatic heterocycles. The van der Waals surface area contributed by atoms with Crippen LogP contribution < -0.4 is 4.74 Å². The van der Waals surface area contributed by atoms with Crippen LogP contribution in [0, 0.1) is 18.3 Å². The van der Waals surface area contributed by atoms with E-state index in [0.29, 0.717) is 23.2 Å². The van der Waals surface area contributed by atoms with Crippen LogP contribution in [0.5, 0.6) is 5.75 Å². The highest BCUT2D eigenvalue weighted by Gasteiger charge is 2.07. The molecule has 0 bridgehead atoms. The van der Waals surface area contributed by atoms with E-state index < -0.39 is 0 Å². The van der Waals surface area contributed by atoms with Gasteiger partial charge < -0.3 is 4.74 Å². The first-order chi connectivity index (χ1) is 6.22. The molecular formula is C10H9NO2. The van der Waals surface area contributed by atoms with E-state index in [1.165, 1.54) is 13.2 Å². The Bertz CT molecular complexity index is 377. The molecule has 0 aliphatic carbocycles. The van der Waals surface area contributed by atoms with Crippen LogP contribution in [0.4, 0.5) is 0 Å². The molecule has 0 atom stereocenters. The maximum atomic E-state index is 10.5. The number of nitriles is 1. The first-order valence-corrected chi connectivity index (χ1v) is 3.77. The van der Waals surface area contributed by atoms with Crippen LogP contribution in [0.2, 0.25) is 0 Å². The van der Waals surface area contributed by atoms with Gasteiger partial charge in [0.1, 0.15) is 18.1 Å². The van der Waals surface area contributed by atoms with Crippen molar-refractivity contribution in [3.63, 3.8) is 0 Å². The van der Waals surface area contributed by atoms with Crippen LogP contribution in [0.25, 0.3) is 0 Å². The van der Waals surface area contributed by atoms with Crippen molar-refractivity contribution in [3.05, 3.63) is 28.8 Å². The number of carbonyl (C=O) groups excluding carboxylic acids is 1. The lowest BCUT2D eigenvalue weighted by Gasteiger charge is -2.06. The molecule has 0 unspecified atom stereocenters. The molecule has 1 aromatic carbocycles. The van der Waals surface area contributed by atoms with Gasteiger partial charge in [0, 0.05) is 5.56 Å². The number of aryl methyl sites for hydroxylation is 1. The Kier molecular flexibility index (Phi) is 2.65. The van der Waals surface area contributed by atoms with Crippen LogP contribution in [0.15, 0.2) is 12.1 Å². The maximum Gasteiger partial charge on any atom is 0.150 e. The maximum absolute atomic E-state index is 10.5. The first kappa shape index (κ1) is 9.27. The highest BCUT2D eigenvalue weighted by molar-refractivity contribution is 5.77. The van der Waals surface area contributed by atoms with Gasteiger partial charge in [0.2, 0.25) is 0 Å². The SMILES string of the molecule is COc1c(C)cc(C=O)cc1C#N. The van der Waals surface area contributed by atoms with Crippen molar-refractivity contribution in [1.82, 2.24) is 0 Å². The van der Waals surface area contributed by atoms with E-state index in [4.69, 9.17) is 10.00 Å². The van der Waals surface area contributed by atoms with Gasteiger partial charge in [-0.05, 0) is 24.6 Å². The fraction of sp³-hybridized carbons (Fsp3) is 0.200. The number of methoxy groups -OCH3 is 1. The molecule has 1 rings (SSSR count). The van der Waals surface area contributed by atoms with Gasteiger partial charge >= 0.3 is 0 Å². The zero-order valence-electron chi connectivity index (χ0n) is 7.50. The van der Waals surface area contributed by atoms with Crippen molar-refractivity contribution in [2.75, 3.05) is 7.11 Å². The Balaban J connectivity index is 3.39. The monoisotopic (exact) mass is 175 g/mol. The molecule has 13 heavy (non-hydrogen) atoms. The third kappa shape index (κ3) is 1.67. The Labute approximate surface area is 76.6 Å². The number of hydrogen-bond acceptors (Lipinski definition) is 3. The zero-order chi connectivity index (χ0) is 9.84. The minimum atomic E-state index is 0.393. The molecule has 0 aliphatic rings. The molecule has 3 nitrogen and oxygen atoms in total. The van der Waals surface area contributed by atoms with Crippen LogP contribution in [-0.2, 0) is 0 Å². The van der Waals surface area contributed by atoms with Crippen LogP contribution in [0.3, 0.4) is 0 Å². The van der Waals surface area contributed by atoms with Gasteiger partial charge in [-0.2, -0.15) is 5.26 Å². The van der Waals surface area contributed by atoms with Gasteiger partial charge in [0.15, 0.2) is 0 Å². The number of aldehydes is 1. The summed E-state index contributed by atoms with van der Waals surface area (Å²) in [6.45, 7) is 1.80. The molecule has 3 heteroatoms. The Morgan fingerprint density at radius 1 is 1.54 bits per heavy atom. The largest absolute Gasteiger partial charge is 0.495 e. The second kappa shape index (κ2) is 3.72. The summed E-state index contributed by atoms with van der Waals surface area (Å²) in [6.07, 6.45) is 0.716. The summed E-state index contributed by atoms with van der Waals surface area (Å²) in [5.41, 5.74) is 1.68. The summed E-state index contributed by atoms with van der Waals surface area (Å²) in [4.78, 5) is 10.5. The third-order valence-electron chi connectivity index (χ3n) is 1.76. The van der Waals surface area contributed by atoms with E-state index in [1.807, 2.05) is 6.07 Å². The molecule has 0 aliphatic heterocycles. The van der Waals surface area contributed by atoms with E-state index in [0.717, 1.165) is 5.56 Å². The lowest BCUT2D eigenvalue weighted by molar-refractivity contribution is 0.112. The molecule has 66 valence electrons. The predicted molar refractivity (Wildman–Crippen MR) is 47.8 cm³/mol. The smallest absolute Gasteiger partial charge is 0.150 e. The summed E-state index contributed by atoms with van der Waals surface area (Å²) >= 11 is 0. The lowest BCUT2D eigenvalue weighted by Crippen LogP contribution is -1.93. The van der Waals surface area contributed by atoms with Gasteiger partial charge in [-0.1, -0.05) is 0 Å². The number of ether oxygens (including phenoxy) is 1. The predicted octanol–water partition coefficient (Wildman–Crippen LogP) is 1.69. The molecule has 0 fully saturated rings. The number of nitrogens with zero attached hydrogens (tertiary/aromatic N) is 1. The highest BCUT2D eigenvalue weighted by Crippen LogP contribution is 2.23. The van der Waals surface area contributed by atoms with Gasteiger partial charge in [0.25, 0.3) is 0 Å². The highest BCUT2D eigenvalue weighted by atomic mass is 16.5. The summed E-state index contributed by atoms with van der Waals surface area (Å²) in [5.74, 6) is 0.535. The quantitative estimate of drug-likeness (QED) is 0.642. The lowest BCUT2D eigenvalue weighted by atomic mass is 10.1. The average molecular weight is 175 g/mol. The Morgan fingerprint density at radius 3 is 2.69 bits per heavy atom. The molecule has 0 radical (unpaired) electrons. The summed E-state index contributed by atoms with van der Waals surface area (Å²) in [6, 6.07) is 5.18. The van der Waals surface area contributed by atoms with Crippen molar-refractivity contribution >= 4 is 6.29 Å². The van der Waals surface area contributed by atoms with E-state index in [1.54, 1.807) is 13.0 Å². The summed E-state index contributed by atoms with van der Waals surface area (Å²) in [5, 5.41) is 8.75. The van der Waals surface area contributed by atoms with E-state index in [-0.39, 0.29) is 0 Å². The van der Waals surface area contributed by atoms with E-state index >= 15 is 0 Å². The topological polar surface area (TPSA) is 50.1 Å². The molecule has 0 spiro atoms. The molecule has 0 N–H and O–H groups in total. The summed E-state index contributed by atoms with van der Waals surface area (Å²) < 4.78 is 5.03. The first-order valence-electron chi connectivity index (χ1n) is 3.77. The second-order valence-corrected chi connectivity index (χ2v) is 2.65. The molecule has 0 heterocycles. The Morgan fingerprint density at radius 2 is 2.23 bits per heavy atom. The fourth-order valence-electron chi connectivity index (χ4n) is 1.22.